The minimum Gasteiger partial charge on any atom is -0.389 e. The SMILES string of the molecule is O=c1[nH]c2ccc(S(=O)(=O)N[C@@H]3CCOC[C@H]3O)cc2[nH]c1=O. The molecule has 23 heavy (non-hydrogen) atoms. The van der Waals surface area contributed by atoms with E-state index in [4.69, 9.17) is 4.74 Å². The quantitative estimate of drug-likeness (QED) is 0.508. The van der Waals surface area contributed by atoms with Crippen LogP contribution in [-0.2, 0) is 14.8 Å². The third kappa shape index (κ3) is 3.20. The van der Waals surface area contributed by atoms with E-state index in [0.29, 0.717) is 18.5 Å². The largest absolute Gasteiger partial charge is 0.389 e. The van der Waals surface area contributed by atoms with Crippen molar-refractivity contribution in [3.63, 3.8) is 0 Å². The van der Waals surface area contributed by atoms with Crippen molar-refractivity contribution in [3.05, 3.63) is 38.9 Å². The first kappa shape index (κ1) is 15.9. The molecule has 0 bridgehead atoms. The lowest BCUT2D eigenvalue weighted by atomic mass is 10.1. The van der Waals surface area contributed by atoms with Gasteiger partial charge in [-0.2, -0.15) is 0 Å². The molecule has 1 aromatic heterocycles. The first-order valence-electron chi connectivity index (χ1n) is 6.91. The number of hydrogen-bond donors (Lipinski definition) is 4. The number of benzene rings is 1. The van der Waals surface area contributed by atoms with Crippen LogP contribution in [0.5, 0.6) is 0 Å². The van der Waals surface area contributed by atoms with Gasteiger partial charge in [-0.05, 0) is 24.6 Å². The summed E-state index contributed by atoms with van der Waals surface area (Å²) in [6, 6.07) is 3.31. The molecule has 9 nitrogen and oxygen atoms in total. The number of aliphatic hydroxyl groups excluding tert-OH is 1. The molecule has 1 fully saturated rings. The molecule has 0 spiro atoms. The second-order valence-corrected chi connectivity index (χ2v) is 6.99. The number of H-pyrrole nitrogens is 2. The van der Waals surface area contributed by atoms with Crippen molar-refractivity contribution in [2.45, 2.75) is 23.5 Å². The van der Waals surface area contributed by atoms with E-state index < -0.39 is 33.3 Å². The molecule has 1 aliphatic rings. The van der Waals surface area contributed by atoms with Crippen molar-refractivity contribution in [1.29, 1.82) is 0 Å². The zero-order valence-electron chi connectivity index (χ0n) is 11.9. The van der Waals surface area contributed by atoms with Crippen LogP contribution in [0.2, 0.25) is 0 Å². The Hall–Kier alpha value is -2.01. The minimum atomic E-state index is -3.89. The average molecular weight is 341 g/mol. The molecular weight excluding hydrogens is 326 g/mol. The molecule has 2 atom stereocenters. The molecule has 4 N–H and O–H groups in total. The number of rotatable bonds is 3. The number of sulfonamides is 1. The molecule has 0 radical (unpaired) electrons. The molecule has 2 heterocycles. The lowest BCUT2D eigenvalue weighted by molar-refractivity contribution is -0.0222. The van der Waals surface area contributed by atoms with E-state index in [9.17, 15) is 23.1 Å². The molecule has 124 valence electrons. The Morgan fingerprint density at radius 2 is 1.87 bits per heavy atom. The average Bonchev–Trinajstić information content (AvgIpc) is 2.50. The molecule has 2 aromatic rings. The number of aromatic amines is 2. The Balaban J connectivity index is 1.96. The predicted molar refractivity (Wildman–Crippen MR) is 80.7 cm³/mol. The zero-order chi connectivity index (χ0) is 16.6. The summed E-state index contributed by atoms with van der Waals surface area (Å²) in [5, 5.41) is 9.78. The first-order valence-corrected chi connectivity index (χ1v) is 8.40. The van der Waals surface area contributed by atoms with Crippen LogP contribution >= 0.6 is 0 Å². The molecule has 1 aromatic carbocycles. The first-order chi connectivity index (χ1) is 10.9. The molecule has 0 saturated carbocycles. The van der Waals surface area contributed by atoms with Gasteiger partial charge in [0, 0.05) is 6.61 Å². The van der Waals surface area contributed by atoms with Gasteiger partial charge in [0.05, 0.1) is 34.7 Å². The van der Waals surface area contributed by atoms with Gasteiger partial charge in [0.2, 0.25) is 10.0 Å². The van der Waals surface area contributed by atoms with E-state index in [1.165, 1.54) is 18.2 Å². The van der Waals surface area contributed by atoms with Crippen molar-refractivity contribution in [1.82, 2.24) is 14.7 Å². The van der Waals surface area contributed by atoms with Crippen LogP contribution in [0.25, 0.3) is 11.0 Å². The molecular formula is C13H15N3O6S. The second kappa shape index (κ2) is 5.89. The summed E-state index contributed by atoms with van der Waals surface area (Å²) in [5.41, 5.74) is -1.15. The number of aromatic nitrogens is 2. The Morgan fingerprint density at radius 1 is 1.17 bits per heavy atom. The number of nitrogens with one attached hydrogen (secondary N) is 3. The maximum absolute atomic E-state index is 12.4. The normalized spacial score (nSPS) is 22.3. The highest BCUT2D eigenvalue weighted by molar-refractivity contribution is 7.89. The van der Waals surface area contributed by atoms with Gasteiger partial charge < -0.3 is 19.8 Å². The van der Waals surface area contributed by atoms with Gasteiger partial charge in [-0.3, -0.25) is 9.59 Å². The van der Waals surface area contributed by atoms with Gasteiger partial charge in [-0.15, -0.1) is 0 Å². The Morgan fingerprint density at radius 3 is 2.57 bits per heavy atom. The third-order valence-electron chi connectivity index (χ3n) is 3.64. The smallest absolute Gasteiger partial charge is 0.314 e. The van der Waals surface area contributed by atoms with E-state index in [1.807, 2.05) is 0 Å². The summed E-state index contributed by atoms with van der Waals surface area (Å²) in [7, 11) is -3.89. The number of aliphatic hydroxyl groups is 1. The standard InChI is InChI=1S/C13H15N3O6S/c17-11-6-22-4-3-9(11)16-23(20,21)7-1-2-8-10(5-7)15-13(19)12(18)14-8/h1-2,5,9,11,16-17H,3-4,6H2,(H,14,18)(H,15,19)/t9-,11-/m1/s1. The maximum atomic E-state index is 12.4. The highest BCUT2D eigenvalue weighted by atomic mass is 32.2. The molecule has 1 saturated heterocycles. The molecule has 3 rings (SSSR count). The Bertz CT molecular complexity index is 948. The topological polar surface area (TPSA) is 141 Å². The third-order valence-corrected chi connectivity index (χ3v) is 5.12. The van der Waals surface area contributed by atoms with E-state index in [1.54, 1.807) is 0 Å². The minimum absolute atomic E-state index is 0.0689. The monoisotopic (exact) mass is 341 g/mol. The van der Waals surface area contributed by atoms with Gasteiger partial charge in [0.1, 0.15) is 0 Å². The van der Waals surface area contributed by atoms with Crippen molar-refractivity contribution in [2.75, 3.05) is 13.2 Å². The van der Waals surface area contributed by atoms with Crippen LogP contribution in [0.3, 0.4) is 0 Å². The van der Waals surface area contributed by atoms with Crippen LogP contribution in [0, 0.1) is 0 Å². The van der Waals surface area contributed by atoms with E-state index in [2.05, 4.69) is 14.7 Å². The molecule has 1 aliphatic heterocycles. The second-order valence-electron chi connectivity index (χ2n) is 5.27. The van der Waals surface area contributed by atoms with Gasteiger partial charge in [-0.25, -0.2) is 13.1 Å². The van der Waals surface area contributed by atoms with Crippen molar-refractivity contribution < 1.29 is 18.3 Å². The van der Waals surface area contributed by atoms with Gasteiger partial charge in [0.25, 0.3) is 0 Å². The number of fused-ring (bicyclic) bond motifs is 1. The van der Waals surface area contributed by atoms with Crippen LogP contribution in [-0.4, -0.2) is 48.9 Å². The Kier molecular flexibility index (Phi) is 4.06. The van der Waals surface area contributed by atoms with Crippen LogP contribution in [0.15, 0.2) is 32.7 Å². The fraction of sp³-hybridized carbons (Fsp3) is 0.385. The van der Waals surface area contributed by atoms with E-state index >= 15 is 0 Å². The predicted octanol–water partition coefficient (Wildman–Crippen LogP) is -1.36. The highest BCUT2D eigenvalue weighted by Gasteiger charge is 2.28. The van der Waals surface area contributed by atoms with Gasteiger partial charge in [0.15, 0.2) is 0 Å². The van der Waals surface area contributed by atoms with Crippen molar-refractivity contribution >= 4 is 21.1 Å². The summed E-state index contributed by atoms with van der Waals surface area (Å²) in [6.45, 7) is 0.427. The van der Waals surface area contributed by atoms with Crippen molar-refractivity contribution in [3.8, 4) is 0 Å². The molecule has 0 unspecified atom stereocenters. The fourth-order valence-electron chi connectivity index (χ4n) is 2.39. The number of hydrogen-bond acceptors (Lipinski definition) is 6. The van der Waals surface area contributed by atoms with E-state index in [0.717, 1.165) is 0 Å². The van der Waals surface area contributed by atoms with Gasteiger partial charge in [-0.1, -0.05) is 0 Å². The lowest BCUT2D eigenvalue weighted by Gasteiger charge is -2.28. The van der Waals surface area contributed by atoms with E-state index in [-0.39, 0.29) is 17.0 Å². The van der Waals surface area contributed by atoms with Gasteiger partial charge >= 0.3 is 11.1 Å². The summed E-state index contributed by atoms with van der Waals surface area (Å²) in [5.74, 6) is 0. The Labute approximate surface area is 130 Å². The summed E-state index contributed by atoms with van der Waals surface area (Å²) >= 11 is 0. The molecule has 10 heteroatoms. The summed E-state index contributed by atoms with van der Waals surface area (Å²) in [4.78, 5) is 27.2. The van der Waals surface area contributed by atoms with Crippen LogP contribution < -0.4 is 15.8 Å². The van der Waals surface area contributed by atoms with Crippen LogP contribution in [0.4, 0.5) is 0 Å². The molecule has 0 aliphatic carbocycles. The van der Waals surface area contributed by atoms with Crippen molar-refractivity contribution in [2.24, 2.45) is 0 Å². The fourth-order valence-corrected chi connectivity index (χ4v) is 3.72. The molecule has 0 amide bonds. The summed E-state index contributed by atoms with van der Waals surface area (Å²) < 4.78 is 32.3. The zero-order valence-corrected chi connectivity index (χ0v) is 12.7. The van der Waals surface area contributed by atoms with Crippen LogP contribution in [0.1, 0.15) is 6.42 Å². The lowest BCUT2D eigenvalue weighted by Crippen LogP contribution is -2.48. The highest BCUT2D eigenvalue weighted by Crippen LogP contribution is 2.17. The number of ether oxygens (including phenoxy) is 1. The summed E-state index contributed by atoms with van der Waals surface area (Å²) in [6.07, 6.45) is -0.562. The maximum Gasteiger partial charge on any atom is 0.314 e.